The molecule has 5 rings (SSSR count). The van der Waals surface area contributed by atoms with Crippen LogP contribution in [0.1, 0.15) is 39.2 Å². The Bertz CT molecular complexity index is 1770. The molecule has 45 heavy (non-hydrogen) atoms. The number of nitrogens with one attached hydrogen (secondary N) is 2. The van der Waals surface area contributed by atoms with Crippen molar-refractivity contribution in [1.82, 2.24) is 14.9 Å². The van der Waals surface area contributed by atoms with Gasteiger partial charge in [-0.15, -0.1) is 22.7 Å². The molecule has 242 valence electrons. The Kier molecular flexibility index (Phi) is 10.9. The molecule has 2 aromatic heterocycles. The number of amides is 1. The highest BCUT2D eigenvalue weighted by Gasteiger charge is 2.37. The quantitative estimate of drug-likeness (QED) is 0.209. The Balaban J connectivity index is 0.000000242. The third-order valence-corrected chi connectivity index (χ3v) is 11.3. The molecular weight excluding hydrogens is 727 g/mol. The highest BCUT2D eigenvalue weighted by atomic mass is 79.9. The number of ether oxygens (including phenoxy) is 1. The average molecular weight is 759 g/mol. The van der Waals surface area contributed by atoms with Gasteiger partial charge in [-0.25, -0.2) is 31.6 Å². The van der Waals surface area contributed by atoms with Gasteiger partial charge in [0.25, 0.3) is 20.0 Å². The molecule has 0 spiro atoms. The van der Waals surface area contributed by atoms with Gasteiger partial charge in [-0.3, -0.25) is 9.44 Å². The summed E-state index contributed by atoms with van der Waals surface area (Å²) in [7, 11) is -7.26. The summed E-state index contributed by atoms with van der Waals surface area (Å²) < 4.78 is 59.6. The molecular formula is C28H32BrN5O7S4. The van der Waals surface area contributed by atoms with E-state index in [1.807, 2.05) is 20.8 Å². The van der Waals surface area contributed by atoms with Crippen LogP contribution in [0.4, 0.5) is 15.1 Å². The van der Waals surface area contributed by atoms with Gasteiger partial charge in [0, 0.05) is 40.7 Å². The number of nitrogens with zero attached hydrogens (tertiary/aromatic N) is 3. The molecule has 17 heteroatoms. The van der Waals surface area contributed by atoms with Crippen molar-refractivity contribution in [2.45, 2.75) is 54.6 Å². The van der Waals surface area contributed by atoms with Gasteiger partial charge in [-0.2, -0.15) is 0 Å². The average Bonchev–Trinajstić information content (AvgIpc) is 3.67. The summed E-state index contributed by atoms with van der Waals surface area (Å²) in [6, 6.07) is 12.6. The molecule has 1 aliphatic rings. The number of rotatable bonds is 7. The number of anilines is 2. The summed E-state index contributed by atoms with van der Waals surface area (Å²) in [5.41, 5.74) is -1.07. The minimum atomic E-state index is -3.74. The highest BCUT2D eigenvalue weighted by molar-refractivity contribution is 9.10. The molecule has 1 saturated heterocycles. The molecule has 12 nitrogen and oxygen atoms in total. The molecule has 3 heterocycles. The van der Waals surface area contributed by atoms with Gasteiger partial charge in [0.2, 0.25) is 0 Å². The number of aliphatic hydroxyl groups is 1. The first-order chi connectivity index (χ1) is 21.1. The lowest BCUT2D eigenvalue weighted by Crippen LogP contribution is -2.46. The number of carbonyl (C=O) groups is 1. The van der Waals surface area contributed by atoms with Crippen LogP contribution in [0, 0.1) is 0 Å². The highest BCUT2D eigenvalue weighted by Crippen LogP contribution is 2.34. The van der Waals surface area contributed by atoms with Gasteiger partial charge in [0.1, 0.15) is 5.60 Å². The normalized spacial score (nSPS) is 15.0. The van der Waals surface area contributed by atoms with E-state index in [0.717, 1.165) is 4.47 Å². The molecule has 2 aromatic carbocycles. The van der Waals surface area contributed by atoms with Crippen LogP contribution in [0.3, 0.4) is 0 Å². The first-order valence-corrected chi connectivity index (χ1v) is 19.0. The molecule has 4 aromatic rings. The van der Waals surface area contributed by atoms with E-state index >= 15 is 0 Å². The second kappa shape index (κ2) is 14.1. The molecule has 1 amide bonds. The van der Waals surface area contributed by atoms with Crippen LogP contribution in [-0.2, 0) is 30.4 Å². The number of carbonyl (C=O) groups excluding carboxylic acids is 1. The fraction of sp³-hybridized carbons (Fsp3) is 0.321. The van der Waals surface area contributed by atoms with Crippen molar-refractivity contribution in [2.24, 2.45) is 0 Å². The number of benzene rings is 2. The minimum absolute atomic E-state index is 0.0891. The van der Waals surface area contributed by atoms with Crippen molar-refractivity contribution in [3.63, 3.8) is 0 Å². The monoisotopic (exact) mass is 757 g/mol. The minimum Gasteiger partial charge on any atom is -0.444 e. The van der Waals surface area contributed by atoms with Crippen LogP contribution in [-0.4, -0.2) is 61.6 Å². The van der Waals surface area contributed by atoms with Crippen LogP contribution in [0.15, 0.2) is 85.9 Å². The fourth-order valence-electron chi connectivity index (χ4n) is 4.13. The lowest BCUT2D eigenvalue weighted by molar-refractivity contribution is -0.0356. The summed E-state index contributed by atoms with van der Waals surface area (Å²) in [6.45, 7) is 6.15. The third kappa shape index (κ3) is 9.70. The van der Waals surface area contributed by atoms with Crippen LogP contribution in [0.25, 0.3) is 0 Å². The van der Waals surface area contributed by atoms with Crippen molar-refractivity contribution in [2.75, 3.05) is 22.5 Å². The summed E-state index contributed by atoms with van der Waals surface area (Å²) >= 11 is 5.68. The Hall–Kier alpha value is -3.09. The summed E-state index contributed by atoms with van der Waals surface area (Å²) in [6.07, 6.45) is 3.36. The van der Waals surface area contributed by atoms with Gasteiger partial charge in [-0.1, -0.05) is 28.1 Å². The first kappa shape index (κ1) is 34.8. The van der Waals surface area contributed by atoms with E-state index in [1.165, 1.54) is 53.1 Å². The zero-order valence-electron chi connectivity index (χ0n) is 24.5. The van der Waals surface area contributed by atoms with Crippen LogP contribution < -0.4 is 9.44 Å². The van der Waals surface area contributed by atoms with Crippen molar-refractivity contribution in [1.29, 1.82) is 0 Å². The summed E-state index contributed by atoms with van der Waals surface area (Å²) in [5, 5.41) is 15.1. The molecule has 0 saturated carbocycles. The third-order valence-electron chi connectivity index (χ3n) is 6.38. The van der Waals surface area contributed by atoms with E-state index < -0.39 is 37.3 Å². The molecule has 0 bridgehead atoms. The van der Waals surface area contributed by atoms with Gasteiger partial charge in [0.05, 0.1) is 15.4 Å². The van der Waals surface area contributed by atoms with Crippen LogP contribution >= 0.6 is 38.6 Å². The predicted octanol–water partition coefficient (Wildman–Crippen LogP) is 5.87. The smallest absolute Gasteiger partial charge is 0.410 e. The second-order valence-corrected chi connectivity index (χ2v) is 16.9. The molecule has 3 N–H and O–H groups in total. The number of sulfonamides is 2. The molecule has 0 unspecified atom stereocenters. The van der Waals surface area contributed by atoms with E-state index in [1.54, 1.807) is 46.1 Å². The summed E-state index contributed by atoms with van der Waals surface area (Å²) in [4.78, 5) is 21.9. The SMILES string of the molecule is CC(C)(C)OC(=O)N1CCC(O)(c2ccc(S(=O)(=O)Nc3nccs3)cc2)CC1.O=S(=O)(Nc1nccs1)c1ccc(Br)cc1. The van der Waals surface area contributed by atoms with Gasteiger partial charge in [-0.05, 0) is 75.6 Å². The standard InChI is InChI=1S/C19H25N3O5S2.C9H7BrN2O2S2/c1-18(2,3)27-17(23)22-11-8-19(24,9-12-22)14-4-6-15(7-5-14)29(25,26)21-16-20-10-13-28-16;10-7-1-3-8(4-2-7)16(13,14)12-9-11-5-6-15-9/h4-7,10,13,24H,8-9,11-12H2,1-3H3,(H,20,21);1-6H,(H,11,12). The van der Waals surface area contributed by atoms with Crippen molar-refractivity contribution in [3.8, 4) is 0 Å². The van der Waals surface area contributed by atoms with Crippen molar-refractivity contribution < 1.29 is 31.5 Å². The second-order valence-electron chi connectivity index (χ2n) is 10.9. The maximum absolute atomic E-state index is 12.4. The number of halogens is 1. The zero-order chi connectivity index (χ0) is 32.9. The lowest BCUT2D eigenvalue weighted by Gasteiger charge is -2.39. The van der Waals surface area contributed by atoms with E-state index in [0.29, 0.717) is 41.8 Å². The maximum atomic E-state index is 12.4. The van der Waals surface area contributed by atoms with Gasteiger partial charge < -0.3 is 14.7 Å². The Morgan fingerprint density at radius 3 is 1.71 bits per heavy atom. The lowest BCUT2D eigenvalue weighted by atomic mass is 9.84. The van der Waals surface area contributed by atoms with Crippen LogP contribution in [0.5, 0.6) is 0 Å². The van der Waals surface area contributed by atoms with E-state index in [2.05, 4.69) is 35.3 Å². The maximum Gasteiger partial charge on any atom is 0.410 e. The predicted molar refractivity (Wildman–Crippen MR) is 177 cm³/mol. The molecule has 0 radical (unpaired) electrons. The van der Waals surface area contributed by atoms with E-state index in [4.69, 9.17) is 4.74 Å². The zero-order valence-corrected chi connectivity index (χ0v) is 29.4. The molecule has 1 aliphatic heterocycles. The fourth-order valence-corrected chi connectivity index (χ4v) is 7.97. The number of piperidine rings is 1. The van der Waals surface area contributed by atoms with Gasteiger partial charge in [0.15, 0.2) is 10.3 Å². The number of aromatic nitrogens is 2. The number of hydrogen-bond acceptors (Lipinski definition) is 11. The van der Waals surface area contributed by atoms with Crippen LogP contribution in [0.2, 0.25) is 0 Å². The van der Waals surface area contributed by atoms with E-state index in [9.17, 15) is 26.7 Å². The number of likely N-dealkylation sites (tertiary alicyclic amines) is 1. The largest absolute Gasteiger partial charge is 0.444 e. The Morgan fingerprint density at radius 1 is 0.867 bits per heavy atom. The van der Waals surface area contributed by atoms with E-state index in [-0.39, 0.29) is 9.79 Å². The topological polar surface area (TPSA) is 168 Å². The number of hydrogen-bond donors (Lipinski definition) is 3. The van der Waals surface area contributed by atoms with Gasteiger partial charge >= 0.3 is 6.09 Å². The molecule has 0 aliphatic carbocycles. The number of thiazole rings is 2. The molecule has 1 fully saturated rings. The molecule has 0 atom stereocenters. The van der Waals surface area contributed by atoms with Crippen molar-refractivity contribution in [3.05, 3.63) is 81.7 Å². The first-order valence-electron chi connectivity index (χ1n) is 13.5. The van der Waals surface area contributed by atoms with Crippen molar-refractivity contribution >= 4 is 75.0 Å². The Labute approximate surface area is 278 Å². The Morgan fingerprint density at radius 2 is 1.31 bits per heavy atom. The summed E-state index contributed by atoms with van der Waals surface area (Å²) in [5.74, 6) is 0.